The van der Waals surface area contributed by atoms with E-state index in [1.807, 2.05) is 0 Å². The number of nitrogens with zero attached hydrogens (tertiary/aromatic N) is 1. The third-order valence-electron chi connectivity index (χ3n) is 5.05. The average Bonchev–Trinajstić information content (AvgIpc) is 2.81. The Kier molecular flexibility index (Phi) is 5.18. The Hall–Kier alpha value is -1.89. The second-order valence-corrected chi connectivity index (χ2v) is 6.72. The lowest BCUT2D eigenvalue weighted by atomic mass is 9.90. The number of ether oxygens (including phenoxy) is 1. The first-order valence-electron chi connectivity index (χ1n) is 8.77. The molecule has 1 spiro atoms. The van der Waals surface area contributed by atoms with Crippen molar-refractivity contribution in [1.29, 1.82) is 0 Å². The van der Waals surface area contributed by atoms with Gasteiger partial charge in [0.05, 0.1) is 0 Å². The van der Waals surface area contributed by atoms with E-state index >= 15 is 0 Å². The molecule has 2 aliphatic heterocycles. The van der Waals surface area contributed by atoms with E-state index in [9.17, 15) is 14.4 Å². The molecular formula is C17H25N3O4. The van der Waals surface area contributed by atoms with Crippen molar-refractivity contribution >= 4 is 17.8 Å². The van der Waals surface area contributed by atoms with Crippen molar-refractivity contribution in [3.63, 3.8) is 0 Å². The molecule has 132 valence electrons. The van der Waals surface area contributed by atoms with Crippen LogP contribution in [0.4, 0.5) is 4.79 Å². The number of hydrogen-bond donors (Lipinski definition) is 2. The van der Waals surface area contributed by atoms with E-state index < -0.39 is 11.6 Å². The molecule has 0 bridgehead atoms. The van der Waals surface area contributed by atoms with E-state index in [0.29, 0.717) is 32.6 Å². The van der Waals surface area contributed by atoms with Crippen molar-refractivity contribution in [3.05, 3.63) is 11.6 Å². The summed E-state index contributed by atoms with van der Waals surface area (Å²) in [6.07, 6.45) is 8.71. The molecule has 2 N–H and O–H groups in total. The maximum Gasteiger partial charge on any atom is 0.325 e. The molecule has 3 rings (SSSR count). The summed E-state index contributed by atoms with van der Waals surface area (Å²) in [4.78, 5) is 37.7. The zero-order valence-electron chi connectivity index (χ0n) is 13.9. The summed E-state index contributed by atoms with van der Waals surface area (Å²) in [5.74, 6) is -0.597. The van der Waals surface area contributed by atoms with Crippen LogP contribution in [0.3, 0.4) is 0 Å². The first-order chi connectivity index (χ1) is 11.6. The molecular weight excluding hydrogens is 310 g/mol. The third kappa shape index (κ3) is 3.61. The molecule has 0 saturated carbocycles. The number of urea groups is 1. The highest BCUT2D eigenvalue weighted by Crippen LogP contribution is 2.28. The number of allylic oxidation sites excluding steroid dienone is 1. The Labute approximate surface area is 141 Å². The summed E-state index contributed by atoms with van der Waals surface area (Å²) in [7, 11) is 0. The minimum absolute atomic E-state index is 0.216. The van der Waals surface area contributed by atoms with Crippen molar-refractivity contribution in [1.82, 2.24) is 15.5 Å². The summed E-state index contributed by atoms with van der Waals surface area (Å²) in [5, 5.41) is 5.56. The molecule has 2 fully saturated rings. The van der Waals surface area contributed by atoms with Gasteiger partial charge in [0, 0.05) is 32.6 Å². The van der Waals surface area contributed by atoms with Gasteiger partial charge in [-0.15, -0.1) is 0 Å². The SMILES string of the molecule is O=C(CN1C(=O)NC2(CCOCC2)C1=O)NCCC1=CCCCC1. The number of nitrogens with one attached hydrogen (secondary N) is 2. The van der Waals surface area contributed by atoms with E-state index in [0.717, 1.165) is 24.2 Å². The van der Waals surface area contributed by atoms with Gasteiger partial charge < -0.3 is 15.4 Å². The van der Waals surface area contributed by atoms with Crippen LogP contribution in [0.5, 0.6) is 0 Å². The lowest BCUT2D eigenvalue weighted by Gasteiger charge is -2.30. The van der Waals surface area contributed by atoms with Gasteiger partial charge in [-0.05, 0) is 32.1 Å². The smallest absolute Gasteiger partial charge is 0.325 e. The van der Waals surface area contributed by atoms with Crippen molar-refractivity contribution in [2.45, 2.75) is 50.5 Å². The van der Waals surface area contributed by atoms with E-state index in [4.69, 9.17) is 4.74 Å². The van der Waals surface area contributed by atoms with Gasteiger partial charge in [0.25, 0.3) is 5.91 Å². The van der Waals surface area contributed by atoms with Crippen LogP contribution in [-0.2, 0) is 14.3 Å². The highest BCUT2D eigenvalue weighted by molar-refractivity contribution is 6.09. The van der Waals surface area contributed by atoms with Crippen LogP contribution < -0.4 is 10.6 Å². The zero-order valence-corrected chi connectivity index (χ0v) is 13.9. The van der Waals surface area contributed by atoms with Crippen molar-refractivity contribution in [2.75, 3.05) is 26.3 Å². The maximum atomic E-state index is 12.5. The number of amides is 4. The topological polar surface area (TPSA) is 87.7 Å². The predicted octanol–water partition coefficient (Wildman–Crippen LogP) is 1.09. The third-order valence-corrected chi connectivity index (χ3v) is 5.05. The van der Waals surface area contributed by atoms with Crippen molar-refractivity contribution in [2.24, 2.45) is 0 Å². The Morgan fingerprint density at radius 2 is 2.08 bits per heavy atom. The second kappa shape index (κ2) is 7.34. The van der Waals surface area contributed by atoms with Gasteiger partial charge in [0.15, 0.2) is 0 Å². The highest BCUT2D eigenvalue weighted by Gasteiger charge is 2.52. The van der Waals surface area contributed by atoms with Crippen LogP contribution in [0, 0.1) is 0 Å². The number of hydrogen-bond acceptors (Lipinski definition) is 4. The van der Waals surface area contributed by atoms with E-state index in [1.54, 1.807) is 0 Å². The van der Waals surface area contributed by atoms with Gasteiger partial charge in [-0.2, -0.15) is 0 Å². The molecule has 3 aliphatic rings. The first kappa shape index (κ1) is 17.0. The van der Waals surface area contributed by atoms with Gasteiger partial charge >= 0.3 is 6.03 Å². The second-order valence-electron chi connectivity index (χ2n) is 6.72. The Bertz CT molecular complexity index is 552. The molecule has 2 saturated heterocycles. The summed E-state index contributed by atoms with van der Waals surface area (Å²) in [6, 6.07) is -0.480. The lowest BCUT2D eigenvalue weighted by molar-refractivity contribution is -0.137. The van der Waals surface area contributed by atoms with Crippen molar-refractivity contribution < 1.29 is 19.1 Å². The standard InChI is InChI=1S/C17H25N3O4/c21-14(18-9-6-13-4-2-1-3-5-13)12-20-15(22)17(19-16(20)23)7-10-24-11-8-17/h4H,1-3,5-12H2,(H,18,21)(H,19,23). The molecule has 0 atom stereocenters. The first-order valence-corrected chi connectivity index (χ1v) is 8.77. The zero-order chi connectivity index (χ0) is 17.0. The molecule has 2 heterocycles. The fourth-order valence-electron chi connectivity index (χ4n) is 3.57. The molecule has 7 heteroatoms. The normalized spacial score (nSPS) is 23.2. The molecule has 0 unspecified atom stereocenters. The molecule has 24 heavy (non-hydrogen) atoms. The molecule has 0 aromatic heterocycles. The quantitative estimate of drug-likeness (QED) is 0.582. The van der Waals surface area contributed by atoms with Crippen LogP contribution in [0.15, 0.2) is 11.6 Å². The summed E-state index contributed by atoms with van der Waals surface area (Å²) < 4.78 is 5.26. The van der Waals surface area contributed by atoms with Gasteiger partial charge in [-0.3, -0.25) is 14.5 Å². The predicted molar refractivity (Wildman–Crippen MR) is 87.2 cm³/mol. The minimum atomic E-state index is -0.872. The summed E-state index contributed by atoms with van der Waals surface area (Å²) in [5.41, 5.74) is 0.514. The van der Waals surface area contributed by atoms with E-state index in [1.165, 1.54) is 18.4 Å². The summed E-state index contributed by atoms with van der Waals surface area (Å²) >= 11 is 0. The van der Waals surface area contributed by atoms with Gasteiger partial charge in [0.1, 0.15) is 12.1 Å². The summed E-state index contributed by atoms with van der Waals surface area (Å²) in [6.45, 7) is 1.22. The van der Waals surface area contributed by atoms with Gasteiger partial charge in [0.2, 0.25) is 5.91 Å². The molecule has 4 amide bonds. The Balaban J connectivity index is 1.48. The van der Waals surface area contributed by atoms with Crippen LogP contribution in [0.1, 0.15) is 44.9 Å². The molecule has 0 aromatic carbocycles. The fraction of sp³-hybridized carbons (Fsp3) is 0.706. The molecule has 1 aliphatic carbocycles. The largest absolute Gasteiger partial charge is 0.381 e. The molecule has 0 radical (unpaired) electrons. The fourth-order valence-corrected chi connectivity index (χ4v) is 3.57. The highest BCUT2D eigenvalue weighted by atomic mass is 16.5. The maximum absolute atomic E-state index is 12.5. The average molecular weight is 335 g/mol. The van der Waals surface area contributed by atoms with E-state index in [2.05, 4.69) is 16.7 Å². The minimum Gasteiger partial charge on any atom is -0.381 e. The number of carbonyl (C=O) groups is 3. The Morgan fingerprint density at radius 1 is 1.29 bits per heavy atom. The lowest BCUT2D eigenvalue weighted by Crippen LogP contribution is -2.51. The number of imide groups is 1. The van der Waals surface area contributed by atoms with Gasteiger partial charge in [-0.1, -0.05) is 11.6 Å². The van der Waals surface area contributed by atoms with Crippen LogP contribution >= 0.6 is 0 Å². The molecule has 7 nitrogen and oxygen atoms in total. The van der Waals surface area contributed by atoms with Crippen LogP contribution in [0.2, 0.25) is 0 Å². The van der Waals surface area contributed by atoms with Crippen LogP contribution in [0.25, 0.3) is 0 Å². The van der Waals surface area contributed by atoms with Gasteiger partial charge in [-0.25, -0.2) is 4.79 Å². The Morgan fingerprint density at radius 3 is 2.79 bits per heavy atom. The van der Waals surface area contributed by atoms with Crippen LogP contribution in [-0.4, -0.2) is 54.6 Å². The van der Waals surface area contributed by atoms with Crippen molar-refractivity contribution in [3.8, 4) is 0 Å². The molecule has 0 aromatic rings. The monoisotopic (exact) mass is 335 g/mol. The number of rotatable bonds is 5. The number of carbonyl (C=O) groups excluding carboxylic acids is 3. The van der Waals surface area contributed by atoms with E-state index in [-0.39, 0.29) is 18.4 Å².